The number of rotatable bonds is 4. The summed E-state index contributed by atoms with van der Waals surface area (Å²) >= 11 is 0. The Labute approximate surface area is 140 Å². The predicted molar refractivity (Wildman–Crippen MR) is 89.7 cm³/mol. The molecule has 3 aromatic rings. The van der Waals surface area contributed by atoms with Crippen molar-refractivity contribution >= 4 is 21.0 Å². The van der Waals surface area contributed by atoms with E-state index in [4.69, 9.17) is 8.94 Å². The second kappa shape index (κ2) is 5.71. The number of para-hydroxylation sites is 1. The molecule has 128 valence electrons. The molecule has 1 N–H and O–H groups in total. The van der Waals surface area contributed by atoms with Crippen LogP contribution >= 0.6 is 0 Å². The van der Waals surface area contributed by atoms with E-state index in [0.29, 0.717) is 5.76 Å². The number of sulfonamides is 1. The molecule has 0 aliphatic carbocycles. The first-order valence-electron chi connectivity index (χ1n) is 7.43. The zero-order valence-electron chi connectivity index (χ0n) is 13.9. The minimum Gasteiger partial charge on any atom is -0.453 e. The number of fused-ring (bicyclic) bond motifs is 1. The lowest BCUT2D eigenvalue weighted by atomic mass is 9.87. The topological polar surface area (TPSA) is 98.2 Å². The van der Waals surface area contributed by atoms with E-state index in [1.807, 2.05) is 51.1 Å². The first kappa shape index (κ1) is 16.7. The van der Waals surface area contributed by atoms with E-state index in [2.05, 4.69) is 14.9 Å². The van der Waals surface area contributed by atoms with Crippen molar-refractivity contribution in [1.82, 2.24) is 14.9 Å². The molecule has 0 bridgehead atoms. The van der Waals surface area contributed by atoms with Gasteiger partial charge in [0, 0.05) is 5.39 Å². The van der Waals surface area contributed by atoms with Crippen LogP contribution < -0.4 is 4.72 Å². The Kier molecular flexibility index (Phi) is 3.97. The van der Waals surface area contributed by atoms with Gasteiger partial charge in [-0.2, -0.15) is 4.98 Å². The SMILES string of the molecule is CC(C)(C)[C@@H](NS(C)(=O)=O)c1nc(-c2cc3ccccc3o2)no1. The molecule has 0 saturated heterocycles. The molecule has 7 nitrogen and oxygen atoms in total. The molecule has 0 amide bonds. The molecule has 2 aromatic heterocycles. The summed E-state index contributed by atoms with van der Waals surface area (Å²) in [5.41, 5.74) is 0.279. The second-order valence-electron chi connectivity index (χ2n) is 6.79. The molecule has 1 aromatic carbocycles. The summed E-state index contributed by atoms with van der Waals surface area (Å²) in [5, 5.41) is 4.86. The van der Waals surface area contributed by atoms with Crippen molar-refractivity contribution in [1.29, 1.82) is 0 Å². The summed E-state index contributed by atoms with van der Waals surface area (Å²) in [5.74, 6) is 0.951. The molecular formula is C16H19N3O4S. The number of benzene rings is 1. The van der Waals surface area contributed by atoms with Gasteiger partial charge in [0.2, 0.25) is 21.7 Å². The van der Waals surface area contributed by atoms with Gasteiger partial charge < -0.3 is 8.94 Å². The normalized spacial score (nSPS) is 14.2. The quantitative estimate of drug-likeness (QED) is 0.777. The van der Waals surface area contributed by atoms with Crippen molar-refractivity contribution in [2.75, 3.05) is 6.26 Å². The lowest BCUT2D eigenvalue weighted by Crippen LogP contribution is -2.36. The molecule has 2 heterocycles. The van der Waals surface area contributed by atoms with Crippen LogP contribution in [0.4, 0.5) is 0 Å². The maximum absolute atomic E-state index is 11.6. The largest absolute Gasteiger partial charge is 0.453 e. The third kappa shape index (κ3) is 3.49. The highest BCUT2D eigenvalue weighted by atomic mass is 32.2. The van der Waals surface area contributed by atoms with Crippen LogP contribution in [0.5, 0.6) is 0 Å². The molecule has 0 saturated carbocycles. The summed E-state index contributed by atoms with van der Waals surface area (Å²) in [4.78, 5) is 4.33. The van der Waals surface area contributed by atoms with Gasteiger partial charge in [0.05, 0.1) is 6.26 Å². The highest BCUT2D eigenvalue weighted by molar-refractivity contribution is 7.88. The Morgan fingerprint density at radius 3 is 2.54 bits per heavy atom. The van der Waals surface area contributed by atoms with Gasteiger partial charge in [-0.15, -0.1) is 0 Å². The van der Waals surface area contributed by atoms with E-state index in [0.717, 1.165) is 17.2 Å². The maximum atomic E-state index is 11.6. The molecule has 0 fully saturated rings. The third-order valence-electron chi connectivity index (χ3n) is 3.53. The highest BCUT2D eigenvalue weighted by Gasteiger charge is 2.34. The zero-order chi connectivity index (χ0) is 17.5. The summed E-state index contributed by atoms with van der Waals surface area (Å²) < 4.78 is 36.8. The van der Waals surface area contributed by atoms with Gasteiger partial charge in [-0.3, -0.25) is 0 Å². The van der Waals surface area contributed by atoms with Gasteiger partial charge >= 0.3 is 0 Å². The predicted octanol–water partition coefficient (Wildman–Crippen LogP) is 3.12. The lowest BCUT2D eigenvalue weighted by Gasteiger charge is -2.27. The van der Waals surface area contributed by atoms with E-state index in [1.54, 1.807) is 0 Å². The summed E-state index contributed by atoms with van der Waals surface area (Å²) in [7, 11) is -3.43. The van der Waals surface area contributed by atoms with Gasteiger partial charge in [-0.05, 0) is 17.5 Å². The van der Waals surface area contributed by atoms with Gasteiger partial charge in [-0.1, -0.05) is 44.1 Å². The van der Waals surface area contributed by atoms with Crippen LogP contribution in [-0.2, 0) is 10.0 Å². The van der Waals surface area contributed by atoms with Gasteiger partial charge in [0.15, 0.2) is 5.76 Å². The first-order chi connectivity index (χ1) is 11.1. The van der Waals surface area contributed by atoms with E-state index in [1.165, 1.54) is 0 Å². The number of aromatic nitrogens is 2. The van der Waals surface area contributed by atoms with Gasteiger partial charge in [0.25, 0.3) is 0 Å². The molecule has 8 heteroatoms. The Balaban J connectivity index is 1.98. The minimum absolute atomic E-state index is 0.198. The molecule has 24 heavy (non-hydrogen) atoms. The van der Waals surface area contributed by atoms with Crippen LogP contribution in [0.3, 0.4) is 0 Å². The van der Waals surface area contributed by atoms with E-state index in [-0.39, 0.29) is 11.7 Å². The van der Waals surface area contributed by atoms with Crippen molar-refractivity contribution in [2.24, 2.45) is 5.41 Å². The van der Waals surface area contributed by atoms with Crippen molar-refractivity contribution in [3.63, 3.8) is 0 Å². The second-order valence-corrected chi connectivity index (χ2v) is 8.57. The number of hydrogen-bond donors (Lipinski definition) is 1. The first-order valence-corrected chi connectivity index (χ1v) is 9.32. The molecule has 1 atom stereocenters. The van der Waals surface area contributed by atoms with E-state index < -0.39 is 21.5 Å². The van der Waals surface area contributed by atoms with E-state index in [9.17, 15) is 8.42 Å². The smallest absolute Gasteiger partial charge is 0.245 e. The molecule has 0 unspecified atom stereocenters. The number of hydrogen-bond acceptors (Lipinski definition) is 6. The molecular weight excluding hydrogens is 330 g/mol. The van der Waals surface area contributed by atoms with Gasteiger partial charge in [0.1, 0.15) is 11.6 Å². The van der Waals surface area contributed by atoms with E-state index >= 15 is 0 Å². The standard InChI is InChI=1S/C16H19N3O4S/c1-16(2,3)13(19-24(4,20)21)15-17-14(18-23-15)12-9-10-7-5-6-8-11(10)22-12/h5-9,13,19H,1-4H3/t13-/m0/s1. The Hall–Kier alpha value is -2.19. The van der Waals surface area contributed by atoms with Crippen molar-refractivity contribution in [3.05, 3.63) is 36.2 Å². The molecule has 3 rings (SSSR count). The Morgan fingerprint density at radius 2 is 1.92 bits per heavy atom. The number of furan rings is 1. The van der Waals surface area contributed by atoms with Crippen molar-refractivity contribution in [2.45, 2.75) is 26.8 Å². The number of nitrogens with one attached hydrogen (secondary N) is 1. The minimum atomic E-state index is -3.43. The van der Waals surface area contributed by atoms with Crippen LogP contribution in [-0.4, -0.2) is 24.8 Å². The fourth-order valence-corrected chi connectivity index (χ4v) is 3.24. The lowest BCUT2D eigenvalue weighted by molar-refractivity contribution is 0.237. The van der Waals surface area contributed by atoms with Crippen LogP contribution in [0.15, 0.2) is 39.3 Å². The van der Waals surface area contributed by atoms with Crippen LogP contribution in [0.1, 0.15) is 32.7 Å². The van der Waals surface area contributed by atoms with Crippen LogP contribution in [0.25, 0.3) is 22.6 Å². The van der Waals surface area contributed by atoms with Crippen molar-refractivity contribution < 1.29 is 17.4 Å². The molecule has 0 spiro atoms. The Morgan fingerprint density at radius 1 is 1.21 bits per heavy atom. The zero-order valence-corrected chi connectivity index (χ0v) is 14.7. The Bertz CT molecular complexity index is 934. The fraction of sp³-hybridized carbons (Fsp3) is 0.375. The monoisotopic (exact) mass is 349 g/mol. The molecule has 0 radical (unpaired) electrons. The average Bonchev–Trinajstić information content (AvgIpc) is 3.09. The highest BCUT2D eigenvalue weighted by Crippen LogP contribution is 2.34. The van der Waals surface area contributed by atoms with Crippen molar-refractivity contribution in [3.8, 4) is 11.6 Å². The summed E-state index contributed by atoms with van der Waals surface area (Å²) in [6.07, 6.45) is 1.10. The maximum Gasteiger partial charge on any atom is 0.245 e. The van der Waals surface area contributed by atoms with Crippen LogP contribution in [0.2, 0.25) is 0 Å². The molecule has 0 aliphatic rings. The van der Waals surface area contributed by atoms with Gasteiger partial charge in [-0.25, -0.2) is 13.1 Å². The summed E-state index contributed by atoms with van der Waals surface area (Å²) in [6, 6.07) is 8.74. The third-order valence-corrected chi connectivity index (χ3v) is 4.20. The number of nitrogens with zero attached hydrogens (tertiary/aromatic N) is 2. The summed E-state index contributed by atoms with van der Waals surface area (Å²) in [6.45, 7) is 5.67. The fourth-order valence-electron chi connectivity index (χ4n) is 2.36. The average molecular weight is 349 g/mol. The molecule has 0 aliphatic heterocycles. The van der Waals surface area contributed by atoms with Crippen LogP contribution in [0, 0.1) is 5.41 Å².